The van der Waals surface area contributed by atoms with Crippen molar-refractivity contribution in [3.8, 4) is 0 Å². The first-order valence-corrected chi connectivity index (χ1v) is 5.41. The Hall–Kier alpha value is -0.100. The van der Waals surface area contributed by atoms with Gasteiger partial charge in [-0.25, -0.2) is 4.72 Å². The molecule has 0 aliphatic carbocycles. The molecule has 0 spiro atoms. The first-order valence-electron chi connectivity index (χ1n) is 3.55. The molecule has 0 radical (unpaired) electrons. The zero-order valence-electron chi connectivity index (χ0n) is 6.93. The number of nitrogens with one attached hydrogen (secondary N) is 2. The summed E-state index contributed by atoms with van der Waals surface area (Å²) in [4.78, 5) is 0. The quantitative estimate of drug-likeness (QED) is 0.677. The lowest BCUT2D eigenvalue weighted by Crippen LogP contribution is -2.37. The molecule has 0 saturated carbocycles. The molecule has 0 fully saturated rings. The topological polar surface area (TPSA) is 58.2 Å². The Morgan fingerprint density at radius 3 is 2.50 bits per heavy atom. The highest BCUT2D eigenvalue weighted by Gasteiger charge is 2.06. The summed E-state index contributed by atoms with van der Waals surface area (Å²) in [5.41, 5.74) is 0. The summed E-state index contributed by atoms with van der Waals surface area (Å²) in [5, 5.41) is 0.261. The third-order valence-corrected chi connectivity index (χ3v) is 2.24. The number of hydrogen-bond donors (Lipinski definition) is 2. The first-order chi connectivity index (χ1) is 5.48. The Kier molecular flexibility index (Phi) is 5.48. The van der Waals surface area contributed by atoms with Crippen molar-refractivity contribution in [2.24, 2.45) is 0 Å². The fraction of sp³-hybridized carbons (Fsp3) is 0.667. The van der Waals surface area contributed by atoms with Gasteiger partial charge in [0.15, 0.2) is 0 Å². The molecule has 0 bridgehead atoms. The minimum atomic E-state index is -3.38. The van der Waals surface area contributed by atoms with Crippen molar-refractivity contribution in [3.05, 3.63) is 11.6 Å². The lowest BCUT2D eigenvalue weighted by atomic mass is 10.5. The van der Waals surface area contributed by atoms with Crippen LogP contribution in [0.2, 0.25) is 0 Å². The Morgan fingerprint density at radius 1 is 1.50 bits per heavy atom. The Bertz CT molecular complexity index is 238. The Morgan fingerprint density at radius 2 is 2.08 bits per heavy atom. The molecule has 0 aliphatic rings. The first kappa shape index (κ1) is 11.9. The van der Waals surface area contributed by atoms with Crippen LogP contribution in [0.25, 0.3) is 0 Å². The van der Waals surface area contributed by atoms with Crippen LogP contribution in [-0.2, 0) is 10.2 Å². The second-order valence-corrected chi connectivity index (χ2v) is 4.35. The summed E-state index contributed by atoms with van der Waals surface area (Å²) in [6.07, 6.45) is 0.753. The van der Waals surface area contributed by atoms with E-state index in [2.05, 4.69) is 16.0 Å². The SMILES string of the molecule is C=C(Cl)CNS(=O)(=O)NCCC. The second-order valence-electron chi connectivity index (χ2n) is 2.24. The summed E-state index contributed by atoms with van der Waals surface area (Å²) < 4.78 is 26.5. The van der Waals surface area contributed by atoms with Gasteiger partial charge in [-0.15, -0.1) is 0 Å². The Labute approximate surface area is 78.2 Å². The molecule has 0 aromatic heterocycles. The van der Waals surface area contributed by atoms with E-state index in [1.54, 1.807) is 0 Å². The molecule has 12 heavy (non-hydrogen) atoms. The highest BCUT2D eigenvalue weighted by molar-refractivity contribution is 7.87. The van der Waals surface area contributed by atoms with Gasteiger partial charge < -0.3 is 0 Å². The van der Waals surface area contributed by atoms with E-state index in [0.717, 1.165) is 6.42 Å². The predicted octanol–water partition coefficient (Wildman–Crippen LogP) is 0.573. The van der Waals surface area contributed by atoms with Crippen molar-refractivity contribution in [1.82, 2.24) is 9.44 Å². The molecule has 0 atom stereocenters. The van der Waals surface area contributed by atoms with E-state index in [1.165, 1.54) is 0 Å². The van der Waals surface area contributed by atoms with Gasteiger partial charge in [0.1, 0.15) is 0 Å². The van der Waals surface area contributed by atoms with Crippen LogP contribution < -0.4 is 9.44 Å². The minimum absolute atomic E-state index is 0.0562. The van der Waals surface area contributed by atoms with E-state index in [9.17, 15) is 8.42 Å². The van der Waals surface area contributed by atoms with Gasteiger partial charge in [0.2, 0.25) is 0 Å². The maximum absolute atomic E-state index is 11.0. The number of rotatable bonds is 6. The van der Waals surface area contributed by atoms with Crippen LogP contribution in [0.3, 0.4) is 0 Å². The van der Waals surface area contributed by atoms with Gasteiger partial charge in [-0.3, -0.25) is 0 Å². The highest BCUT2D eigenvalue weighted by Crippen LogP contribution is 1.93. The van der Waals surface area contributed by atoms with E-state index in [1.807, 2.05) is 6.92 Å². The van der Waals surface area contributed by atoms with E-state index in [0.29, 0.717) is 6.54 Å². The van der Waals surface area contributed by atoms with E-state index >= 15 is 0 Å². The van der Waals surface area contributed by atoms with Crippen LogP contribution >= 0.6 is 11.6 Å². The summed E-state index contributed by atoms with van der Waals surface area (Å²) in [6.45, 7) is 5.70. The van der Waals surface area contributed by atoms with Crippen LogP contribution in [0.5, 0.6) is 0 Å². The maximum atomic E-state index is 11.0. The second kappa shape index (κ2) is 5.53. The van der Waals surface area contributed by atoms with Gasteiger partial charge in [0.05, 0.1) is 0 Å². The van der Waals surface area contributed by atoms with Gasteiger partial charge in [-0.1, -0.05) is 25.1 Å². The van der Waals surface area contributed by atoms with Gasteiger partial charge in [0.25, 0.3) is 10.2 Å². The van der Waals surface area contributed by atoms with E-state index in [-0.39, 0.29) is 11.6 Å². The van der Waals surface area contributed by atoms with Crippen molar-refractivity contribution in [3.63, 3.8) is 0 Å². The van der Waals surface area contributed by atoms with Gasteiger partial charge in [-0.2, -0.15) is 13.1 Å². The molecule has 0 rings (SSSR count). The van der Waals surface area contributed by atoms with E-state index < -0.39 is 10.2 Å². The molecule has 4 nitrogen and oxygen atoms in total. The molecule has 0 unspecified atom stereocenters. The van der Waals surface area contributed by atoms with Crippen molar-refractivity contribution < 1.29 is 8.42 Å². The van der Waals surface area contributed by atoms with Crippen LogP contribution in [0, 0.1) is 0 Å². The third-order valence-electron chi connectivity index (χ3n) is 0.996. The van der Waals surface area contributed by atoms with Crippen LogP contribution in [0.1, 0.15) is 13.3 Å². The monoisotopic (exact) mass is 212 g/mol. The molecule has 0 aromatic rings. The van der Waals surface area contributed by atoms with E-state index in [4.69, 9.17) is 11.6 Å². The third kappa shape index (κ3) is 6.60. The Balaban J connectivity index is 3.80. The van der Waals surface area contributed by atoms with Crippen LogP contribution in [-0.4, -0.2) is 21.5 Å². The largest absolute Gasteiger partial charge is 0.277 e. The lowest BCUT2D eigenvalue weighted by Gasteiger charge is -2.05. The lowest BCUT2D eigenvalue weighted by molar-refractivity contribution is 0.569. The zero-order valence-corrected chi connectivity index (χ0v) is 8.50. The molecule has 0 saturated heterocycles. The fourth-order valence-corrected chi connectivity index (χ4v) is 1.55. The predicted molar refractivity (Wildman–Crippen MR) is 50.2 cm³/mol. The molecule has 0 heterocycles. The summed E-state index contributed by atoms with van der Waals surface area (Å²) in [7, 11) is -3.38. The normalized spacial score (nSPS) is 11.5. The van der Waals surface area contributed by atoms with Crippen molar-refractivity contribution in [2.45, 2.75) is 13.3 Å². The highest BCUT2D eigenvalue weighted by atomic mass is 35.5. The van der Waals surface area contributed by atoms with Gasteiger partial charge in [0, 0.05) is 18.1 Å². The molecule has 2 N–H and O–H groups in total. The molecule has 6 heteroatoms. The van der Waals surface area contributed by atoms with Gasteiger partial charge in [-0.05, 0) is 6.42 Å². The molecule has 0 aliphatic heterocycles. The number of halogens is 1. The summed E-state index contributed by atoms with van der Waals surface area (Å²) in [5.74, 6) is 0. The summed E-state index contributed by atoms with van der Waals surface area (Å²) in [6, 6.07) is 0. The molecule has 0 aromatic carbocycles. The maximum Gasteiger partial charge on any atom is 0.277 e. The molecule has 72 valence electrons. The van der Waals surface area contributed by atoms with Gasteiger partial charge >= 0.3 is 0 Å². The van der Waals surface area contributed by atoms with Crippen LogP contribution in [0.15, 0.2) is 11.6 Å². The van der Waals surface area contributed by atoms with Crippen LogP contribution in [0.4, 0.5) is 0 Å². The standard InChI is InChI=1S/C6H13ClN2O2S/c1-3-4-8-12(10,11)9-5-6(2)7/h8-9H,2-5H2,1H3. The fourth-order valence-electron chi connectivity index (χ4n) is 0.461. The minimum Gasteiger partial charge on any atom is -0.202 e. The number of hydrogen-bond acceptors (Lipinski definition) is 2. The van der Waals surface area contributed by atoms with Crippen molar-refractivity contribution in [1.29, 1.82) is 0 Å². The molecular weight excluding hydrogens is 200 g/mol. The summed E-state index contributed by atoms with van der Waals surface area (Å²) >= 11 is 5.37. The van der Waals surface area contributed by atoms with Crippen molar-refractivity contribution in [2.75, 3.05) is 13.1 Å². The zero-order chi connectivity index (χ0) is 9.61. The molecular formula is C6H13ClN2O2S. The van der Waals surface area contributed by atoms with Crippen molar-refractivity contribution >= 4 is 21.8 Å². The molecule has 0 amide bonds. The average molecular weight is 213 g/mol. The smallest absolute Gasteiger partial charge is 0.202 e. The average Bonchev–Trinajstić information content (AvgIpc) is 1.98.